The molecule has 0 spiro atoms. The summed E-state index contributed by atoms with van der Waals surface area (Å²) in [5.41, 5.74) is 19.0. The molecule has 15 N–H and O–H groups in total. The molecule has 15 heteroatoms. The van der Waals surface area contributed by atoms with Crippen LogP contribution in [-0.2, 0) is 19.2 Å². The molecule has 0 aromatic rings. The van der Waals surface area contributed by atoms with Gasteiger partial charge in [0.05, 0.1) is 25.9 Å². The summed E-state index contributed by atoms with van der Waals surface area (Å²) in [5.74, 6) is -4.50. The van der Waals surface area contributed by atoms with Crippen molar-refractivity contribution in [1.29, 1.82) is 0 Å². The van der Waals surface area contributed by atoms with Gasteiger partial charge in [-0.25, -0.2) is 0 Å². The van der Waals surface area contributed by atoms with Crippen molar-refractivity contribution < 1.29 is 54.9 Å². The van der Waals surface area contributed by atoms with Crippen LogP contribution < -0.4 is 22.9 Å². The van der Waals surface area contributed by atoms with Gasteiger partial charge in [0.2, 0.25) is 0 Å². The minimum absolute atomic E-state index is 0.278. The Morgan fingerprint density at radius 3 is 1.04 bits per heavy atom. The van der Waals surface area contributed by atoms with Crippen molar-refractivity contribution in [3.63, 3.8) is 0 Å². The molecule has 0 saturated carbocycles. The van der Waals surface area contributed by atoms with E-state index in [2.05, 4.69) is 5.73 Å². The summed E-state index contributed by atoms with van der Waals surface area (Å²) in [6, 6.07) is -3.41. The molecule has 0 heterocycles. The maximum absolute atomic E-state index is 9.86. The third-order valence-electron chi connectivity index (χ3n) is 2.01. The molecule has 0 aromatic heterocycles. The topological polar surface area (TPSA) is 314 Å². The molecule has 0 aliphatic carbocycles. The van der Waals surface area contributed by atoms with Crippen LogP contribution in [0.3, 0.4) is 0 Å². The first-order chi connectivity index (χ1) is 12.2. The molecule has 0 saturated heterocycles. The number of aliphatic hydroxyl groups is 3. The first-order valence-corrected chi connectivity index (χ1v) is 6.96. The van der Waals surface area contributed by atoms with E-state index in [-0.39, 0.29) is 6.54 Å². The van der Waals surface area contributed by atoms with Gasteiger partial charge < -0.3 is 58.7 Å². The average Bonchev–Trinajstić information content (AvgIpc) is 2.60. The van der Waals surface area contributed by atoms with E-state index in [1.165, 1.54) is 6.92 Å². The zero-order chi connectivity index (χ0) is 22.7. The van der Waals surface area contributed by atoms with Gasteiger partial charge in [-0.05, 0) is 6.92 Å². The monoisotopic (exact) mass is 404 g/mol. The highest BCUT2D eigenvalue weighted by Crippen LogP contribution is 1.85. The van der Waals surface area contributed by atoms with Crippen LogP contribution in [0.15, 0.2) is 0 Å². The van der Waals surface area contributed by atoms with Crippen LogP contribution >= 0.6 is 0 Å². The Kier molecular flexibility index (Phi) is 23.8. The van der Waals surface area contributed by atoms with E-state index < -0.39 is 61.3 Å². The van der Waals surface area contributed by atoms with Crippen molar-refractivity contribution in [1.82, 2.24) is 0 Å². The Labute approximate surface area is 153 Å². The molecule has 0 aromatic carbocycles. The second-order valence-corrected chi connectivity index (χ2v) is 4.46. The molecule has 4 atom stereocenters. The van der Waals surface area contributed by atoms with Gasteiger partial charge in [0.25, 0.3) is 0 Å². The minimum Gasteiger partial charge on any atom is -0.480 e. The lowest BCUT2D eigenvalue weighted by Gasteiger charge is -2.06. The number of carbonyl (C=O) groups is 4. The summed E-state index contributed by atoms with van der Waals surface area (Å²) < 4.78 is 0. The van der Waals surface area contributed by atoms with Crippen LogP contribution in [0.25, 0.3) is 0 Å². The van der Waals surface area contributed by atoms with E-state index in [0.29, 0.717) is 0 Å². The summed E-state index contributed by atoms with van der Waals surface area (Å²) in [6.07, 6.45) is -0.979. The second kappa shape index (κ2) is 19.9. The summed E-state index contributed by atoms with van der Waals surface area (Å²) in [7, 11) is 0. The second-order valence-electron chi connectivity index (χ2n) is 4.46. The molecule has 0 bridgehead atoms. The van der Waals surface area contributed by atoms with Gasteiger partial charge in [-0.2, -0.15) is 0 Å². The van der Waals surface area contributed by atoms with Crippen molar-refractivity contribution >= 4 is 23.9 Å². The highest BCUT2D eigenvalue weighted by molar-refractivity contribution is 5.74. The summed E-state index contributed by atoms with van der Waals surface area (Å²) in [6.45, 7) is 0.0451. The Hall–Kier alpha value is -2.40. The van der Waals surface area contributed by atoms with Crippen molar-refractivity contribution in [2.45, 2.75) is 31.2 Å². The van der Waals surface area contributed by atoms with Gasteiger partial charge in [-0.3, -0.25) is 19.2 Å². The van der Waals surface area contributed by atoms with E-state index in [0.717, 1.165) is 0 Å². The Bertz CT molecular complexity index is 414. The van der Waals surface area contributed by atoms with Crippen LogP contribution in [0.5, 0.6) is 0 Å². The molecule has 0 radical (unpaired) electrons. The van der Waals surface area contributed by atoms with Crippen LogP contribution in [-0.4, -0.2) is 104 Å². The first kappa shape index (κ1) is 32.3. The predicted molar refractivity (Wildman–Crippen MR) is 89.4 cm³/mol. The lowest BCUT2D eigenvalue weighted by Crippen LogP contribution is -2.39. The van der Waals surface area contributed by atoms with Gasteiger partial charge in [0, 0.05) is 0 Å². The van der Waals surface area contributed by atoms with Gasteiger partial charge in [-0.1, -0.05) is 0 Å². The SMILES string of the molecule is C[C@@H](O)[C@H](N)C(=O)O.NCC(=O)O.N[C@@H](CO)C(=O)O.N[C@@H](CO)C(=O)O. The van der Waals surface area contributed by atoms with Crippen molar-refractivity contribution in [3.05, 3.63) is 0 Å². The number of aliphatic carboxylic acids is 4. The summed E-state index contributed by atoms with van der Waals surface area (Å²) in [5, 5.41) is 55.9. The highest BCUT2D eigenvalue weighted by Gasteiger charge is 2.16. The number of rotatable bonds is 7. The normalized spacial score (nSPS) is 13.5. The molecule has 0 fully saturated rings. The Balaban J connectivity index is -0.000000132. The molecule has 0 aliphatic rings. The molecular weight excluding hydrogens is 376 g/mol. The van der Waals surface area contributed by atoms with Gasteiger partial charge in [0.1, 0.15) is 18.1 Å². The van der Waals surface area contributed by atoms with E-state index in [1.54, 1.807) is 0 Å². The van der Waals surface area contributed by atoms with Crippen molar-refractivity contribution in [2.24, 2.45) is 22.9 Å². The number of carboxylic acid groups (broad SMARTS) is 4. The van der Waals surface area contributed by atoms with Crippen LogP contribution in [0.2, 0.25) is 0 Å². The largest absolute Gasteiger partial charge is 0.480 e. The number of nitrogens with two attached hydrogens (primary N) is 4. The summed E-state index contributed by atoms with van der Waals surface area (Å²) in [4.78, 5) is 38.4. The van der Waals surface area contributed by atoms with E-state index in [9.17, 15) is 19.2 Å². The van der Waals surface area contributed by atoms with Gasteiger partial charge in [0.15, 0.2) is 0 Å². The van der Waals surface area contributed by atoms with Crippen LogP contribution in [0.4, 0.5) is 0 Å². The Morgan fingerprint density at radius 1 is 0.778 bits per heavy atom. The number of carboxylic acids is 4. The lowest BCUT2D eigenvalue weighted by molar-refractivity contribution is -0.141. The molecule has 0 unspecified atom stereocenters. The van der Waals surface area contributed by atoms with Gasteiger partial charge in [-0.15, -0.1) is 0 Å². The predicted octanol–water partition coefficient (Wildman–Crippen LogP) is -5.41. The number of hydrogen-bond acceptors (Lipinski definition) is 11. The first-order valence-electron chi connectivity index (χ1n) is 6.96. The smallest absolute Gasteiger partial charge is 0.323 e. The number of hydrogen-bond donors (Lipinski definition) is 11. The fourth-order valence-corrected chi connectivity index (χ4v) is 0.363. The molecule has 15 nitrogen and oxygen atoms in total. The standard InChI is InChI=1S/C4H9NO3.2C3H7NO3.C2H5NO2/c1-2(6)3(5)4(7)8;2*4-2(1-5)3(6)7;3-1-2(4)5/h2-3,6H,5H2,1H3,(H,7,8);2*2,5H,1,4H2,(H,6,7);1,3H2,(H,4,5)/t2-,3+;2*2-;/m100./s1. The number of aliphatic hydroxyl groups excluding tert-OH is 3. The maximum Gasteiger partial charge on any atom is 0.323 e. The average molecular weight is 404 g/mol. The quantitative estimate of drug-likeness (QED) is 0.188. The zero-order valence-electron chi connectivity index (χ0n) is 14.5. The van der Waals surface area contributed by atoms with Crippen molar-refractivity contribution in [3.8, 4) is 0 Å². The molecule has 0 amide bonds. The van der Waals surface area contributed by atoms with E-state index in [1.807, 2.05) is 0 Å². The fourth-order valence-electron chi connectivity index (χ4n) is 0.363. The lowest BCUT2D eigenvalue weighted by atomic mass is 10.2. The van der Waals surface area contributed by atoms with Crippen molar-refractivity contribution in [2.75, 3.05) is 19.8 Å². The molecule has 27 heavy (non-hydrogen) atoms. The molecule has 0 aliphatic heterocycles. The third-order valence-corrected chi connectivity index (χ3v) is 2.01. The third kappa shape index (κ3) is 28.7. The van der Waals surface area contributed by atoms with E-state index in [4.69, 9.17) is 52.9 Å². The molecule has 162 valence electrons. The van der Waals surface area contributed by atoms with E-state index >= 15 is 0 Å². The summed E-state index contributed by atoms with van der Waals surface area (Å²) >= 11 is 0. The van der Waals surface area contributed by atoms with Gasteiger partial charge >= 0.3 is 23.9 Å². The maximum atomic E-state index is 9.86. The van der Waals surface area contributed by atoms with Crippen LogP contribution in [0, 0.1) is 0 Å². The molecular formula is C12H28N4O11. The Morgan fingerprint density at radius 2 is 1.04 bits per heavy atom. The highest BCUT2D eigenvalue weighted by atomic mass is 16.4. The fraction of sp³-hybridized carbons (Fsp3) is 0.667. The molecule has 0 rings (SSSR count). The van der Waals surface area contributed by atoms with Crippen LogP contribution in [0.1, 0.15) is 6.92 Å². The zero-order valence-corrected chi connectivity index (χ0v) is 14.5. The minimum atomic E-state index is -1.18.